The zero-order valence-corrected chi connectivity index (χ0v) is 10.9. The monoisotopic (exact) mass is 271 g/mol. The molecule has 0 unspecified atom stereocenters. The number of rotatable bonds is 2. The first kappa shape index (κ1) is 13.1. The van der Waals surface area contributed by atoms with E-state index >= 15 is 0 Å². The first-order valence-corrected chi connectivity index (χ1v) is 5.91. The van der Waals surface area contributed by atoms with Crippen LogP contribution in [0.3, 0.4) is 0 Å². The number of pyridine rings is 1. The second-order valence-corrected chi connectivity index (χ2v) is 4.39. The Balaban J connectivity index is 2.21. The number of carbonyl (C=O) groups is 1. The Morgan fingerprint density at radius 3 is 2.79 bits per heavy atom. The molecular formula is C14H10ClN3O. The summed E-state index contributed by atoms with van der Waals surface area (Å²) in [4.78, 5) is 15.9. The maximum absolute atomic E-state index is 12.0. The van der Waals surface area contributed by atoms with E-state index in [0.717, 1.165) is 5.56 Å². The summed E-state index contributed by atoms with van der Waals surface area (Å²) in [6.45, 7) is 1.87. The molecule has 1 N–H and O–H groups in total. The van der Waals surface area contributed by atoms with Crippen molar-refractivity contribution >= 4 is 23.2 Å². The van der Waals surface area contributed by atoms with Gasteiger partial charge in [-0.2, -0.15) is 5.26 Å². The molecule has 0 radical (unpaired) electrons. The predicted molar refractivity (Wildman–Crippen MR) is 73.1 cm³/mol. The minimum atomic E-state index is -0.338. The average molecular weight is 272 g/mol. The van der Waals surface area contributed by atoms with Gasteiger partial charge in [-0.15, -0.1) is 0 Å². The highest BCUT2D eigenvalue weighted by Gasteiger charge is 2.09. The van der Waals surface area contributed by atoms with E-state index in [4.69, 9.17) is 16.9 Å². The van der Waals surface area contributed by atoms with Crippen molar-refractivity contribution in [3.05, 3.63) is 58.4 Å². The molecule has 5 heteroatoms. The third-order valence-corrected chi connectivity index (χ3v) is 2.81. The van der Waals surface area contributed by atoms with E-state index in [-0.39, 0.29) is 11.6 Å². The summed E-state index contributed by atoms with van der Waals surface area (Å²) in [5.74, 6) is -0.338. The predicted octanol–water partition coefficient (Wildman–Crippen LogP) is 3.17. The van der Waals surface area contributed by atoms with Gasteiger partial charge >= 0.3 is 0 Å². The van der Waals surface area contributed by atoms with Crippen molar-refractivity contribution in [2.24, 2.45) is 0 Å². The number of hydrogen-bond acceptors (Lipinski definition) is 3. The number of aromatic nitrogens is 1. The second kappa shape index (κ2) is 5.51. The largest absolute Gasteiger partial charge is 0.320 e. The Kier molecular flexibility index (Phi) is 3.79. The third-order valence-electron chi connectivity index (χ3n) is 2.57. The van der Waals surface area contributed by atoms with Crippen LogP contribution in [0, 0.1) is 18.3 Å². The molecule has 0 fully saturated rings. The molecule has 94 valence electrons. The SMILES string of the molecule is Cc1ccc(Cl)cc1NC(=O)c1ccc(C#N)cn1. The Hall–Kier alpha value is -2.38. The molecule has 1 aromatic heterocycles. The van der Waals surface area contributed by atoms with Crippen LogP contribution in [0.1, 0.15) is 21.6 Å². The van der Waals surface area contributed by atoms with E-state index in [9.17, 15) is 4.79 Å². The quantitative estimate of drug-likeness (QED) is 0.912. The molecule has 0 bridgehead atoms. The van der Waals surface area contributed by atoms with E-state index in [1.165, 1.54) is 12.3 Å². The fraction of sp³-hybridized carbons (Fsp3) is 0.0714. The highest BCUT2D eigenvalue weighted by Crippen LogP contribution is 2.20. The molecule has 2 rings (SSSR count). The van der Waals surface area contributed by atoms with Crippen molar-refractivity contribution in [1.29, 1.82) is 5.26 Å². The van der Waals surface area contributed by atoms with Crippen molar-refractivity contribution in [3.8, 4) is 6.07 Å². The molecule has 0 saturated heterocycles. The van der Waals surface area contributed by atoms with E-state index < -0.39 is 0 Å². The number of carbonyl (C=O) groups excluding carboxylic acids is 1. The van der Waals surface area contributed by atoms with Gasteiger partial charge in [-0.3, -0.25) is 4.79 Å². The van der Waals surface area contributed by atoms with Gasteiger partial charge in [-0.25, -0.2) is 4.98 Å². The zero-order chi connectivity index (χ0) is 13.8. The molecule has 0 aliphatic rings. The highest BCUT2D eigenvalue weighted by molar-refractivity contribution is 6.31. The second-order valence-electron chi connectivity index (χ2n) is 3.96. The van der Waals surface area contributed by atoms with Gasteiger partial charge in [0.15, 0.2) is 0 Å². The molecule has 2 aromatic rings. The van der Waals surface area contributed by atoms with Crippen LogP contribution in [0.25, 0.3) is 0 Å². The van der Waals surface area contributed by atoms with Crippen LogP contribution < -0.4 is 5.32 Å². The Labute approximate surface area is 115 Å². The first-order chi connectivity index (χ1) is 9.10. The van der Waals surface area contributed by atoms with Crippen LogP contribution in [0.5, 0.6) is 0 Å². The van der Waals surface area contributed by atoms with Crippen molar-refractivity contribution in [2.45, 2.75) is 6.92 Å². The maximum atomic E-state index is 12.0. The van der Waals surface area contributed by atoms with Gasteiger partial charge in [0.1, 0.15) is 11.8 Å². The summed E-state index contributed by atoms with van der Waals surface area (Å²) in [7, 11) is 0. The molecule has 1 heterocycles. The minimum absolute atomic E-state index is 0.248. The molecule has 0 spiro atoms. The fourth-order valence-corrected chi connectivity index (χ4v) is 1.68. The lowest BCUT2D eigenvalue weighted by Crippen LogP contribution is -2.14. The molecule has 1 amide bonds. The van der Waals surface area contributed by atoms with Gasteiger partial charge in [0.2, 0.25) is 0 Å². The molecule has 0 aliphatic carbocycles. The molecule has 1 aromatic carbocycles. The Morgan fingerprint density at radius 2 is 2.16 bits per heavy atom. The highest BCUT2D eigenvalue weighted by atomic mass is 35.5. The van der Waals surface area contributed by atoms with Crippen molar-refractivity contribution in [2.75, 3.05) is 5.32 Å². The fourth-order valence-electron chi connectivity index (χ4n) is 1.51. The lowest BCUT2D eigenvalue weighted by atomic mass is 10.2. The molecular weight excluding hydrogens is 262 g/mol. The van der Waals surface area contributed by atoms with E-state index in [2.05, 4.69) is 10.3 Å². The number of nitriles is 1. The molecule has 4 nitrogen and oxygen atoms in total. The maximum Gasteiger partial charge on any atom is 0.274 e. The van der Waals surface area contributed by atoms with Crippen LogP contribution in [0.15, 0.2) is 36.5 Å². The van der Waals surface area contributed by atoms with E-state index in [0.29, 0.717) is 16.3 Å². The van der Waals surface area contributed by atoms with Gasteiger partial charge in [-0.1, -0.05) is 17.7 Å². The Bertz CT molecular complexity index is 659. The van der Waals surface area contributed by atoms with Crippen LogP contribution in [0.2, 0.25) is 5.02 Å². The van der Waals surface area contributed by atoms with Crippen LogP contribution in [-0.2, 0) is 0 Å². The topological polar surface area (TPSA) is 65.8 Å². The smallest absolute Gasteiger partial charge is 0.274 e. The van der Waals surface area contributed by atoms with Crippen molar-refractivity contribution in [1.82, 2.24) is 4.98 Å². The van der Waals surface area contributed by atoms with Gasteiger partial charge in [0.25, 0.3) is 5.91 Å². The number of anilines is 1. The summed E-state index contributed by atoms with van der Waals surface area (Å²) in [5.41, 5.74) is 2.21. The number of halogens is 1. The summed E-state index contributed by atoms with van der Waals surface area (Å²) in [6, 6.07) is 10.3. The zero-order valence-electron chi connectivity index (χ0n) is 10.1. The number of amides is 1. The normalized spacial score (nSPS) is 9.74. The number of benzene rings is 1. The summed E-state index contributed by atoms with van der Waals surface area (Å²) in [5, 5.41) is 11.9. The number of nitrogens with one attached hydrogen (secondary N) is 1. The summed E-state index contributed by atoms with van der Waals surface area (Å²) in [6.07, 6.45) is 1.36. The first-order valence-electron chi connectivity index (χ1n) is 5.54. The van der Waals surface area contributed by atoms with E-state index in [1.54, 1.807) is 18.2 Å². The number of hydrogen-bond donors (Lipinski definition) is 1. The van der Waals surface area contributed by atoms with Gasteiger partial charge in [0, 0.05) is 16.9 Å². The molecule has 0 aliphatic heterocycles. The number of aryl methyl sites for hydroxylation is 1. The lowest BCUT2D eigenvalue weighted by molar-refractivity contribution is 0.102. The lowest BCUT2D eigenvalue weighted by Gasteiger charge is -2.08. The third kappa shape index (κ3) is 3.09. The molecule has 0 atom stereocenters. The summed E-state index contributed by atoms with van der Waals surface area (Å²) < 4.78 is 0. The molecule has 0 saturated carbocycles. The molecule has 19 heavy (non-hydrogen) atoms. The van der Waals surface area contributed by atoms with Crippen LogP contribution in [-0.4, -0.2) is 10.9 Å². The van der Waals surface area contributed by atoms with Gasteiger partial charge in [-0.05, 0) is 36.8 Å². The summed E-state index contributed by atoms with van der Waals surface area (Å²) >= 11 is 5.88. The van der Waals surface area contributed by atoms with Gasteiger partial charge in [0.05, 0.1) is 5.56 Å². The van der Waals surface area contributed by atoms with Crippen molar-refractivity contribution < 1.29 is 4.79 Å². The van der Waals surface area contributed by atoms with Crippen LogP contribution >= 0.6 is 11.6 Å². The average Bonchev–Trinajstić information content (AvgIpc) is 2.43. The van der Waals surface area contributed by atoms with Crippen molar-refractivity contribution in [3.63, 3.8) is 0 Å². The minimum Gasteiger partial charge on any atom is -0.320 e. The van der Waals surface area contributed by atoms with E-state index in [1.807, 2.05) is 19.1 Å². The standard InChI is InChI=1S/C14H10ClN3O/c1-9-2-4-11(15)6-13(9)18-14(19)12-5-3-10(7-16)8-17-12/h2-6,8H,1H3,(H,18,19). The Morgan fingerprint density at radius 1 is 1.37 bits per heavy atom. The van der Waals surface area contributed by atoms with Crippen LogP contribution in [0.4, 0.5) is 5.69 Å². The number of nitrogens with zero attached hydrogens (tertiary/aromatic N) is 2. The van der Waals surface area contributed by atoms with Gasteiger partial charge < -0.3 is 5.32 Å².